The van der Waals surface area contributed by atoms with Crippen LogP contribution in [0.1, 0.15) is 19.8 Å². The van der Waals surface area contributed by atoms with Crippen molar-refractivity contribution >= 4 is 11.7 Å². The number of amides is 2. The van der Waals surface area contributed by atoms with Gasteiger partial charge in [-0.1, -0.05) is 5.92 Å². The molecule has 1 atom stereocenters. The van der Waals surface area contributed by atoms with Gasteiger partial charge in [0.2, 0.25) is 0 Å². The van der Waals surface area contributed by atoms with Gasteiger partial charge in [-0.3, -0.25) is 4.98 Å². The van der Waals surface area contributed by atoms with Crippen molar-refractivity contribution in [3.63, 3.8) is 0 Å². The number of terminal acetylenes is 1. The Labute approximate surface area is 126 Å². The lowest BCUT2D eigenvalue weighted by atomic mass is 9.96. The second-order valence-corrected chi connectivity index (χ2v) is 5.38. The van der Waals surface area contributed by atoms with Crippen LogP contribution in [0.15, 0.2) is 24.5 Å². The molecule has 1 aromatic rings. The van der Waals surface area contributed by atoms with Gasteiger partial charge in [0.15, 0.2) is 0 Å². The summed E-state index contributed by atoms with van der Waals surface area (Å²) in [6.45, 7) is 4.51. The van der Waals surface area contributed by atoms with E-state index < -0.39 is 0 Å². The average Bonchev–Trinajstić information content (AvgIpc) is 2.54. The van der Waals surface area contributed by atoms with Gasteiger partial charge in [-0.15, -0.1) is 6.42 Å². The lowest BCUT2D eigenvalue weighted by molar-refractivity contribution is 0.236. The van der Waals surface area contributed by atoms with Crippen LogP contribution in [0.5, 0.6) is 0 Å². The predicted octanol–water partition coefficient (Wildman–Crippen LogP) is 1.62. The van der Waals surface area contributed by atoms with E-state index in [9.17, 15) is 4.79 Å². The third-order valence-corrected chi connectivity index (χ3v) is 3.79. The summed E-state index contributed by atoms with van der Waals surface area (Å²) < 4.78 is 0. The minimum Gasteiger partial charge on any atom is -0.371 e. The van der Waals surface area contributed by atoms with E-state index in [-0.39, 0.29) is 12.1 Å². The maximum atomic E-state index is 11.6. The number of pyridine rings is 1. The fourth-order valence-corrected chi connectivity index (χ4v) is 2.48. The number of rotatable bonds is 4. The Kier molecular flexibility index (Phi) is 5.44. The van der Waals surface area contributed by atoms with E-state index in [1.165, 1.54) is 5.69 Å². The Morgan fingerprint density at radius 1 is 1.48 bits per heavy atom. The van der Waals surface area contributed by atoms with E-state index in [4.69, 9.17) is 6.42 Å². The first-order valence-corrected chi connectivity index (χ1v) is 7.34. The lowest BCUT2D eigenvalue weighted by Crippen LogP contribution is -2.44. The van der Waals surface area contributed by atoms with Crippen molar-refractivity contribution in [2.24, 2.45) is 5.92 Å². The molecule has 5 nitrogen and oxygen atoms in total. The van der Waals surface area contributed by atoms with Crippen LogP contribution in [0.25, 0.3) is 0 Å². The molecule has 2 rings (SSSR count). The number of carbonyl (C=O) groups is 1. The molecule has 112 valence electrons. The number of urea groups is 1. The Bertz CT molecular complexity index is 489. The minimum atomic E-state index is -0.237. The number of piperidine rings is 1. The molecule has 1 aliphatic rings. The zero-order valence-corrected chi connectivity index (χ0v) is 12.4. The fourth-order valence-electron chi connectivity index (χ4n) is 2.48. The van der Waals surface area contributed by atoms with Crippen LogP contribution in [0.4, 0.5) is 10.5 Å². The summed E-state index contributed by atoms with van der Waals surface area (Å²) in [5.74, 6) is 3.00. The van der Waals surface area contributed by atoms with E-state index in [0.717, 1.165) is 25.9 Å². The molecule has 0 aromatic carbocycles. The van der Waals surface area contributed by atoms with Gasteiger partial charge in [0.1, 0.15) is 0 Å². The highest BCUT2D eigenvalue weighted by Gasteiger charge is 2.19. The first kappa shape index (κ1) is 15.2. The molecular weight excluding hydrogens is 264 g/mol. The van der Waals surface area contributed by atoms with Crippen molar-refractivity contribution in [2.45, 2.75) is 25.8 Å². The molecule has 1 fully saturated rings. The topological polar surface area (TPSA) is 57.3 Å². The number of anilines is 1. The second-order valence-electron chi connectivity index (χ2n) is 5.38. The molecule has 0 unspecified atom stereocenters. The summed E-state index contributed by atoms with van der Waals surface area (Å²) in [7, 11) is 0. The van der Waals surface area contributed by atoms with Gasteiger partial charge in [-0.05, 0) is 37.8 Å². The molecule has 2 amide bonds. The molecular formula is C16H22N4O. The third-order valence-electron chi connectivity index (χ3n) is 3.79. The predicted molar refractivity (Wildman–Crippen MR) is 84.0 cm³/mol. The summed E-state index contributed by atoms with van der Waals surface area (Å²) in [5, 5.41) is 5.60. The van der Waals surface area contributed by atoms with Crippen molar-refractivity contribution in [3.05, 3.63) is 24.5 Å². The first-order chi connectivity index (χ1) is 10.2. The van der Waals surface area contributed by atoms with Crippen LogP contribution >= 0.6 is 0 Å². The van der Waals surface area contributed by atoms with Crippen molar-refractivity contribution in [1.29, 1.82) is 0 Å². The molecule has 1 aromatic heterocycles. The minimum absolute atomic E-state index is 0.183. The average molecular weight is 286 g/mol. The van der Waals surface area contributed by atoms with Gasteiger partial charge in [0, 0.05) is 37.7 Å². The lowest BCUT2D eigenvalue weighted by Gasteiger charge is -2.33. The van der Waals surface area contributed by atoms with E-state index in [1.807, 2.05) is 24.5 Å². The van der Waals surface area contributed by atoms with Crippen LogP contribution in [-0.4, -0.2) is 36.7 Å². The van der Waals surface area contributed by atoms with Gasteiger partial charge >= 0.3 is 6.03 Å². The zero-order chi connectivity index (χ0) is 15.1. The molecule has 0 bridgehead atoms. The first-order valence-electron chi connectivity index (χ1n) is 7.34. The Morgan fingerprint density at radius 3 is 2.76 bits per heavy atom. The number of aromatic nitrogens is 1. The van der Waals surface area contributed by atoms with Crippen LogP contribution < -0.4 is 15.5 Å². The summed E-state index contributed by atoms with van der Waals surface area (Å²) in [6.07, 6.45) is 11.0. The number of hydrogen-bond acceptors (Lipinski definition) is 3. The molecule has 0 aliphatic carbocycles. The number of carbonyl (C=O) groups excluding carboxylic acids is 1. The van der Waals surface area contributed by atoms with E-state index in [0.29, 0.717) is 12.5 Å². The largest absolute Gasteiger partial charge is 0.371 e. The van der Waals surface area contributed by atoms with Gasteiger partial charge in [0.05, 0.1) is 6.04 Å². The van der Waals surface area contributed by atoms with Gasteiger partial charge < -0.3 is 15.5 Å². The van der Waals surface area contributed by atoms with Crippen LogP contribution in [0.2, 0.25) is 0 Å². The van der Waals surface area contributed by atoms with Gasteiger partial charge in [0.25, 0.3) is 0 Å². The smallest absolute Gasteiger partial charge is 0.315 e. The molecule has 21 heavy (non-hydrogen) atoms. The number of nitrogens with zero attached hydrogens (tertiary/aromatic N) is 2. The Morgan fingerprint density at radius 2 is 2.14 bits per heavy atom. The summed E-state index contributed by atoms with van der Waals surface area (Å²) in [6, 6.07) is 3.65. The standard InChI is InChI=1S/C16H22N4O/c1-3-13(2)19-16(21)18-12-14-6-10-20(11-7-14)15-4-8-17-9-5-15/h1,4-5,8-9,13-14H,6-7,10-12H2,2H3,(H2,18,19,21)/t13-/m0/s1. The maximum absolute atomic E-state index is 11.6. The molecule has 2 N–H and O–H groups in total. The van der Waals surface area contributed by atoms with Crippen LogP contribution in [0, 0.1) is 18.3 Å². The van der Waals surface area contributed by atoms with Crippen LogP contribution in [-0.2, 0) is 0 Å². The third kappa shape index (κ3) is 4.67. The second kappa shape index (κ2) is 7.53. The highest BCUT2D eigenvalue weighted by molar-refractivity contribution is 5.74. The monoisotopic (exact) mass is 286 g/mol. The molecule has 5 heteroatoms. The number of hydrogen-bond donors (Lipinski definition) is 2. The van der Waals surface area contributed by atoms with Gasteiger partial charge in [-0.25, -0.2) is 4.79 Å². The normalized spacial score (nSPS) is 16.9. The molecule has 1 aliphatic heterocycles. The van der Waals surface area contributed by atoms with E-state index in [2.05, 4.69) is 26.4 Å². The van der Waals surface area contributed by atoms with Crippen molar-refractivity contribution in [1.82, 2.24) is 15.6 Å². The summed E-state index contributed by atoms with van der Waals surface area (Å²) in [4.78, 5) is 18.0. The Balaban J connectivity index is 1.70. The molecule has 0 spiro atoms. The highest BCUT2D eigenvalue weighted by Crippen LogP contribution is 2.22. The molecule has 0 radical (unpaired) electrons. The highest BCUT2D eigenvalue weighted by atomic mass is 16.2. The SMILES string of the molecule is C#C[C@H](C)NC(=O)NCC1CCN(c2ccncc2)CC1. The van der Waals surface area contributed by atoms with E-state index >= 15 is 0 Å². The van der Waals surface area contributed by atoms with Crippen LogP contribution in [0.3, 0.4) is 0 Å². The van der Waals surface area contributed by atoms with Crippen molar-refractivity contribution < 1.29 is 4.79 Å². The van der Waals surface area contributed by atoms with Crippen molar-refractivity contribution in [3.8, 4) is 12.3 Å². The molecule has 2 heterocycles. The molecule has 0 saturated carbocycles. The quantitative estimate of drug-likeness (QED) is 0.827. The summed E-state index contributed by atoms with van der Waals surface area (Å²) in [5.41, 5.74) is 1.22. The van der Waals surface area contributed by atoms with Crippen molar-refractivity contribution in [2.75, 3.05) is 24.5 Å². The van der Waals surface area contributed by atoms with E-state index in [1.54, 1.807) is 6.92 Å². The Hall–Kier alpha value is -2.22. The maximum Gasteiger partial charge on any atom is 0.315 e. The fraction of sp³-hybridized carbons (Fsp3) is 0.500. The molecule has 1 saturated heterocycles. The summed E-state index contributed by atoms with van der Waals surface area (Å²) >= 11 is 0. The zero-order valence-electron chi connectivity index (χ0n) is 12.4. The number of nitrogens with one attached hydrogen (secondary N) is 2. The van der Waals surface area contributed by atoms with Gasteiger partial charge in [-0.2, -0.15) is 0 Å².